The molecule has 1 saturated heterocycles. The number of pyridine rings is 1. The van der Waals surface area contributed by atoms with Crippen LogP contribution in [0.2, 0.25) is 0 Å². The predicted molar refractivity (Wildman–Crippen MR) is 140 cm³/mol. The molecule has 34 heavy (non-hydrogen) atoms. The smallest absolute Gasteiger partial charge is 0.274 e. The SMILES string of the molecule is CN1/C(=C2/SC(=Nc3ccc4ncccc4c3)N(c3ccc(O)cc3)C2=O)Sc2ccccc21. The minimum Gasteiger partial charge on any atom is -0.508 e. The molecule has 1 N–H and O–H groups in total. The van der Waals surface area contributed by atoms with E-state index in [2.05, 4.69) is 22.0 Å². The Morgan fingerprint density at radius 2 is 1.76 bits per heavy atom. The van der Waals surface area contributed by atoms with Gasteiger partial charge in [-0.3, -0.25) is 14.7 Å². The lowest BCUT2D eigenvalue weighted by molar-refractivity contribution is -0.113. The van der Waals surface area contributed by atoms with Gasteiger partial charge in [0.25, 0.3) is 5.91 Å². The third-order valence-electron chi connectivity index (χ3n) is 5.63. The van der Waals surface area contributed by atoms with Gasteiger partial charge in [0.05, 0.1) is 27.6 Å². The summed E-state index contributed by atoms with van der Waals surface area (Å²) in [7, 11) is 1.98. The molecule has 0 spiro atoms. The highest BCUT2D eigenvalue weighted by atomic mass is 32.2. The van der Waals surface area contributed by atoms with E-state index in [1.54, 1.807) is 47.1 Å². The minimum atomic E-state index is -0.140. The van der Waals surface area contributed by atoms with Crippen LogP contribution in [0.3, 0.4) is 0 Å². The standard InChI is InChI=1S/C26H18N4O2S2/c1-29-21-6-2-3-7-22(21)33-25(29)23-24(32)30(18-9-11-19(31)12-10-18)26(34-23)28-17-8-13-20-16(15-17)5-4-14-27-20/h2-15,31H,1H3/b25-23-,28-26?. The fourth-order valence-corrected chi connectivity index (χ4v) is 6.30. The zero-order valence-electron chi connectivity index (χ0n) is 18.0. The van der Waals surface area contributed by atoms with Gasteiger partial charge >= 0.3 is 0 Å². The maximum absolute atomic E-state index is 13.7. The summed E-state index contributed by atoms with van der Waals surface area (Å²) in [6.45, 7) is 0. The molecule has 1 fully saturated rings. The van der Waals surface area contributed by atoms with Gasteiger partial charge < -0.3 is 10.0 Å². The molecule has 6 rings (SSSR count). The Kier molecular flexibility index (Phi) is 5.04. The highest BCUT2D eigenvalue weighted by Crippen LogP contribution is 2.50. The van der Waals surface area contributed by atoms with Crippen molar-refractivity contribution < 1.29 is 9.90 Å². The number of hydrogen-bond acceptors (Lipinski definition) is 7. The van der Waals surface area contributed by atoms with Crippen LogP contribution in [0.25, 0.3) is 10.9 Å². The molecule has 0 aliphatic carbocycles. The van der Waals surface area contributed by atoms with E-state index in [0.717, 1.165) is 32.2 Å². The van der Waals surface area contributed by atoms with Crippen molar-refractivity contribution in [3.8, 4) is 5.75 Å². The van der Waals surface area contributed by atoms with E-state index in [0.29, 0.717) is 15.8 Å². The molecule has 2 aliphatic rings. The average molecular weight is 483 g/mol. The summed E-state index contributed by atoms with van der Waals surface area (Å²) in [5.74, 6) is 0.00253. The lowest BCUT2D eigenvalue weighted by Gasteiger charge is -2.17. The number of anilines is 2. The number of phenolic OH excluding ortho intramolecular Hbond substituents is 1. The Labute approximate surface area is 204 Å². The number of rotatable bonds is 2. The molecule has 3 aromatic carbocycles. The van der Waals surface area contributed by atoms with Gasteiger partial charge in [-0.05, 0) is 72.4 Å². The van der Waals surface area contributed by atoms with Crippen molar-refractivity contribution in [2.24, 2.45) is 4.99 Å². The summed E-state index contributed by atoms with van der Waals surface area (Å²) < 4.78 is 0. The van der Waals surface area contributed by atoms with Crippen molar-refractivity contribution in [2.75, 3.05) is 16.8 Å². The number of amidine groups is 1. The molecule has 3 heterocycles. The number of fused-ring (bicyclic) bond motifs is 2. The van der Waals surface area contributed by atoms with Gasteiger partial charge in [0.15, 0.2) is 5.17 Å². The first-order chi connectivity index (χ1) is 16.6. The van der Waals surface area contributed by atoms with E-state index < -0.39 is 0 Å². The first-order valence-electron chi connectivity index (χ1n) is 10.6. The van der Waals surface area contributed by atoms with E-state index in [1.807, 2.05) is 49.5 Å². The molecule has 1 amide bonds. The monoisotopic (exact) mass is 482 g/mol. The quantitative estimate of drug-likeness (QED) is 0.347. The maximum Gasteiger partial charge on any atom is 0.274 e. The van der Waals surface area contributed by atoms with Gasteiger partial charge in [0.1, 0.15) is 10.7 Å². The topological polar surface area (TPSA) is 69.0 Å². The Morgan fingerprint density at radius 3 is 2.59 bits per heavy atom. The third kappa shape index (κ3) is 3.52. The number of benzene rings is 3. The lowest BCUT2D eigenvalue weighted by Crippen LogP contribution is -2.29. The maximum atomic E-state index is 13.7. The number of para-hydroxylation sites is 1. The van der Waals surface area contributed by atoms with Crippen molar-refractivity contribution in [1.29, 1.82) is 0 Å². The molecule has 2 aliphatic heterocycles. The minimum absolute atomic E-state index is 0.140. The number of carbonyl (C=O) groups is 1. The second-order valence-corrected chi connectivity index (χ2v) is 9.81. The molecular weight excluding hydrogens is 464 g/mol. The third-order valence-corrected chi connectivity index (χ3v) is 8.03. The number of nitrogens with zero attached hydrogens (tertiary/aromatic N) is 4. The molecule has 0 saturated carbocycles. The number of amides is 1. The Balaban J connectivity index is 1.47. The fourth-order valence-electron chi connectivity index (χ4n) is 3.95. The molecule has 1 aromatic heterocycles. The number of aromatic nitrogens is 1. The van der Waals surface area contributed by atoms with Crippen LogP contribution in [-0.2, 0) is 4.79 Å². The summed E-state index contributed by atoms with van der Waals surface area (Å²) in [4.78, 5) is 28.4. The molecule has 166 valence electrons. The molecule has 0 bridgehead atoms. The summed E-state index contributed by atoms with van der Waals surface area (Å²) in [5.41, 5.74) is 3.35. The molecular formula is C26H18N4O2S2. The van der Waals surface area contributed by atoms with Crippen molar-refractivity contribution >= 4 is 62.6 Å². The lowest BCUT2D eigenvalue weighted by atomic mass is 10.2. The predicted octanol–water partition coefficient (Wildman–Crippen LogP) is 6.12. The van der Waals surface area contributed by atoms with Crippen LogP contribution in [0.4, 0.5) is 17.1 Å². The number of hydrogen-bond donors (Lipinski definition) is 1. The summed E-state index contributed by atoms with van der Waals surface area (Å²) >= 11 is 2.95. The van der Waals surface area contributed by atoms with Gasteiger partial charge in [0, 0.05) is 23.5 Å². The molecule has 0 atom stereocenters. The average Bonchev–Trinajstić information content (AvgIpc) is 3.36. The van der Waals surface area contributed by atoms with Gasteiger partial charge in [0.2, 0.25) is 0 Å². The van der Waals surface area contributed by atoms with E-state index >= 15 is 0 Å². The van der Waals surface area contributed by atoms with Crippen LogP contribution < -0.4 is 9.80 Å². The van der Waals surface area contributed by atoms with E-state index in [4.69, 9.17) is 4.99 Å². The largest absolute Gasteiger partial charge is 0.508 e. The van der Waals surface area contributed by atoms with Crippen molar-refractivity contribution in [3.05, 3.63) is 95.0 Å². The number of aromatic hydroxyl groups is 1. The number of aliphatic imine (C=N–C) groups is 1. The van der Waals surface area contributed by atoms with Crippen LogP contribution in [0.1, 0.15) is 0 Å². The first kappa shape index (κ1) is 20.8. The molecule has 4 aromatic rings. The number of thioether (sulfide) groups is 2. The van der Waals surface area contributed by atoms with Crippen molar-refractivity contribution in [3.63, 3.8) is 0 Å². The molecule has 8 heteroatoms. The highest BCUT2D eigenvalue weighted by molar-refractivity contribution is 8.20. The second kappa shape index (κ2) is 8.23. The van der Waals surface area contributed by atoms with E-state index in [9.17, 15) is 9.90 Å². The molecule has 6 nitrogen and oxygen atoms in total. The second-order valence-electron chi connectivity index (χ2n) is 7.80. The Bertz CT molecular complexity index is 1520. The Hall–Kier alpha value is -3.75. The molecule has 0 radical (unpaired) electrons. The molecule has 0 unspecified atom stereocenters. The summed E-state index contributed by atoms with van der Waals surface area (Å²) in [6.07, 6.45) is 1.76. The van der Waals surface area contributed by atoms with Gasteiger partial charge in [-0.15, -0.1) is 0 Å². The van der Waals surface area contributed by atoms with Crippen LogP contribution in [-0.4, -0.2) is 28.2 Å². The van der Waals surface area contributed by atoms with Crippen LogP contribution in [0, 0.1) is 0 Å². The number of carbonyl (C=O) groups excluding carboxylic acids is 1. The Morgan fingerprint density at radius 1 is 0.941 bits per heavy atom. The zero-order valence-corrected chi connectivity index (χ0v) is 19.7. The van der Waals surface area contributed by atoms with Crippen LogP contribution in [0.15, 0.2) is 105 Å². The summed E-state index contributed by atoms with van der Waals surface area (Å²) in [5, 5.41) is 12.2. The van der Waals surface area contributed by atoms with Crippen LogP contribution >= 0.6 is 23.5 Å². The number of phenols is 1. The highest BCUT2D eigenvalue weighted by Gasteiger charge is 2.40. The van der Waals surface area contributed by atoms with E-state index in [1.165, 1.54) is 11.8 Å². The van der Waals surface area contributed by atoms with E-state index in [-0.39, 0.29) is 11.7 Å². The van der Waals surface area contributed by atoms with Crippen LogP contribution in [0.5, 0.6) is 5.75 Å². The first-order valence-corrected chi connectivity index (χ1v) is 12.2. The van der Waals surface area contributed by atoms with Gasteiger partial charge in [-0.2, -0.15) is 0 Å². The fraction of sp³-hybridized carbons (Fsp3) is 0.0385. The summed E-state index contributed by atoms with van der Waals surface area (Å²) in [6, 6.07) is 24.4. The van der Waals surface area contributed by atoms with Crippen molar-refractivity contribution in [1.82, 2.24) is 4.98 Å². The van der Waals surface area contributed by atoms with Gasteiger partial charge in [-0.25, -0.2) is 4.99 Å². The van der Waals surface area contributed by atoms with Crippen molar-refractivity contribution in [2.45, 2.75) is 4.90 Å². The van der Waals surface area contributed by atoms with Gasteiger partial charge in [-0.1, -0.05) is 30.0 Å². The zero-order chi connectivity index (χ0) is 23.2. The normalized spacial score (nSPS) is 18.9.